The smallest absolute Gasteiger partial charge is 0.226 e. The Morgan fingerprint density at radius 2 is 1.65 bits per heavy atom. The van der Waals surface area contributed by atoms with Crippen LogP contribution in [-0.4, -0.2) is 56.0 Å². The van der Waals surface area contributed by atoms with Gasteiger partial charge in [0.15, 0.2) is 0 Å². The fraction of sp³-hybridized carbons (Fsp3) is 0.714. The first kappa shape index (κ1) is 23.7. The van der Waals surface area contributed by atoms with Crippen LogP contribution in [0.4, 0.5) is 11.4 Å². The third-order valence-electron chi connectivity index (χ3n) is 9.05. The summed E-state index contributed by atoms with van der Waals surface area (Å²) < 4.78 is 0. The summed E-state index contributed by atoms with van der Waals surface area (Å²) in [7, 11) is 0. The molecule has 0 atom stereocenters. The van der Waals surface area contributed by atoms with Gasteiger partial charge in [-0.1, -0.05) is 6.92 Å². The van der Waals surface area contributed by atoms with E-state index in [2.05, 4.69) is 46.4 Å². The van der Waals surface area contributed by atoms with Crippen LogP contribution in [0.2, 0.25) is 0 Å². The first-order valence-corrected chi connectivity index (χ1v) is 13.6. The van der Waals surface area contributed by atoms with Gasteiger partial charge in [0.25, 0.3) is 0 Å². The molecule has 1 aromatic rings. The molecule has 4 aliphatic carbocycles. The van der Waals surface area contributed by atoms with E-state index in [9.17, 15) is 9.59 Å². The second-order valence-corrected chi connectivity index (χ2v) is 11.5. The van der Waals surface area contributed by atoms with Crippen LogP contribution in [0.1, 0.15) is 63.9 Å². The Bertz CT molecular complexity index is 870. The molecule has 1 heterocycles. The predicted octanol–water partition coefficient (Wildman–Crippen LogP) is 4.19. The molecule has 6 nitrogen and oxygen atoms in total. The summed E-state index contributed by atoms with van der Waals surface area (Å²) >= 11 is 0. The van der Waals surface area contributed by atoms with Gasteiger partial charge in [-0.3, -0.25) is 9.59 Å². The number of benzene rings is 1. The van der Waals surface area contributed by atoms with Crippen molar-refractivity contribution in [2.45, 2.75) is 65.2 Å². The Kier molecular flexibility index (Phi) is 6.88. The number of rotatable bonds is 8. The first-order valence-electron chi connectivity index (χ1n) is 13.6. The number of nitrogens with one attached hydrogen (secondary N) is 2. The number of aryl methyl sites for hydroxylation is 1. The van der Waals surface area contributed by atoms with Crippen molar-refractivity contribution in [3.8, 4) is 0 Å². The van der Waals surface area contributed by atoms with Crippen molar-refractivity contribution in [1.82, 2.24) is 10.2 Å². The lowest BCUT2D eigenvalue weighted by Gasteiger charge is -2.55. The minimum Gasteiger partial charge on any atom is -0.369 e. The number of carbonyl (C=O) groups is 2. The maximum Gasteiger partial charge on any atom is 0.226 e. The lowest BCUT2D eigenvalue weighted by atomic mass is 9.49. The summed E-state index contributed by atoms with van der Waals surface area (Å²) in [5.74, 6) is 2.62. The number of amides is 2. The quantitative estimate of drug-likeness (QED) is 0.564. The molecule has 2 N–H and O–H groups in total. The maximum absolute atomic E-state index is 13.1. The van der Waals surface area contributed by atoms with Crippen molar-refractivity contribution in [2.75, 3.05) is 49.5 Å². The Hall–Kier alpha value is -2.08. The van der Waals surface area contributed by atoms with Gasteiger partial charge in [-0.2, -0.15) is 0 Å². The van der Waals surface area contributed by atoms with E-state index >= 15 is 0 Å². The Balaban J connectivity index is 1.05. The van der Waals surface area contributed by atoms with Crippen LogP contribution in [0, 0.1) is 30.1 Å². The second-order valence-electron chi connectivity index (χ2n) is 11.5. The molecule has 5 aliphatic rings. The molecule has 4 bridgehead atoms. The molecule has 6 heteroatoms. The number of nitrogens with zero attached hydrogens (tertiary/aromatic N) is 2. The molecule has 0 aromatic heterocycles. The van der Waals surface area contributed by atoms with E-state index in [1.165, 1.54) is 24.9 Å². The van der Waals surface area contributed by atoms with Gasteiger partial charge >= 0.3 is 0 Å². The number of likely N-dealkylation sites (N-methyl/N-ethyl adjacent to an activating group) is 1. The number of hydrogen-bond acceptors (Lipinski definition) is 4. The van der Waals surface area contributed by atoms with Crippen molar-refractivity contribution in [1.29, 1.82) is 0 Å². The van der Waals surface area contributed by atoms with Crippen molar-refractivity contribution in [2.24, 2.45) is 23.2 Å². The molecule has 0 spiro atoms. The van der Waals surface area contributed by atoms with Crippen LogP contribution < -0.4 is 15.5 Å². The van der Waals surface area contributed by atoms with Gasteiger partial charge in [-0.25, -0.2) is 0 Å². The van der Waals surface area contributed by atoms with Crippen LogP contribution in [0.15, 0.2) is 18.2 Å². The van der Waals surface area contributed by atoms with Gasteiger partial charge in [0, 0.05) is 55.9 Å². The third kappa shape index (κ3) is 4.98. The highest BCUT2D eigenvalue weighted by Crippen LogP contribution is 2.60. The molecule has 186 valence electrons. The molecule has 6 rings (SSSR count). The minimum atomic E-state index is -0.0982. The largest absolute Gasteiger partial charge is 0.369 e. The van der Waals surface area contributed by atoms with Crippen LogP contribution >= 0.6 is 0 Å². The van der Waals surface area contributed by atoms with Crippen molar-refractivity contribution in [3.63, 3.8) is 0 Å². The minimum absolute atomic E-state index is 0.0245. The molecule has 5 fully saturated rings. The topological polar surface area (TPSA) is 64.7 Å². The summed E-state index contributed by atoms with van der Waals surface area (Å²) in [5.41, 5.74) is 3.12. The Morgan fingerprint density at radius 3 is 2.24 bits per heavy atom. The lowest BCUT2D eigenvalue weighted by Crippen LogP contribution is -2.53. The van der Waals surface area contributed by atoms with E-state index in [1.54, 1.807) is 0 Å². The van der Waals surface area contributed by atoms with Gasteiger partial charge in [0.05, 0.1) is 0 Å². The van der Waals surface area contributed by atoms with Crippen LogP contribution in [0.5, 0.6) is 0 Å². The van der Waals surface area contributed by atoms with Gasteiger partial charge in [0.2, 0.25) is 11.8 Å². The predicted molar refractivity (Wildman–Crippen MR) is 137 cm³/mol. The molecule has 0 radical (unpaired) electrons. The summed E-state index contributed by atoms with van der Waals surface area (Å²) in [6, 6.07) is 6.34. The number of piperazine rings is 1. The third-order valence-corrected chi connectivity index (χ3v) is 9.05. The van der Waals surface area contributed by atoms with Crippen molar-refractivity contribution < 1.29 is 9.59 Å². The zero-order valence-electron chi connectivity index (χ0n) is 21.1. The normalized spacial score (nSPS) is 30.4. The molecule has 1 saturated heterocycles. The van der Waals surface area contributed by atoms with Crippen LogP contribution in [-0.2, 0) is 9.59 Å². The van der Waals surface area contributed by atoms with E-state index in [1.807, 2.05) is 6.07 Å². The maximum atomic E-state index is 13.1. The van der Waals surface area contributed by atoms with E-state index in [0.29, 0.717) is 19.4 Å². The molecule has 4 saturated carbocycles. The zero-order chi connectivity index (χ0) is 23.7. The molecule has 2 amide bonds. The fourth-order valence-electron chi connectivity index (χ4n) is 7.55. The van der Waals surface area contributed by atoms with E-state index in [4.69, 9.17) is 0 Å². The highest BCUT2D eigenvalue weighted by molar-refractivity contribution is 5.91. The van der Waals surface area contributed by atoms with Crippen molar-refractivity contribution >= 4 is 23.2 Å². The van der Waals surface area contributed by atoms with E-state index in [0.717, 1.165) is 81.0 Å². The standard InChI is InChI=1S/C28H42N4O2/c1-3-31-9-11-32(12-10-31)24-6-7-25(20(2)13-24)30-26(33)5-4-8-29-27(34)28-17-21-14-22(18-28)16-23(15-21)19-28/h6-7,13,21-23H,3-5,8-12,14-19H2,1-2H3,(H,29,34)(H,30,33). The average Bonchev–Trinajstić information content (AvgIpc) is 2.82. The molecule has 1 aromatic carbocycles. The van der Waals surface area contributed by atoms with E-state index in [-0.39, 0.29) is 17.2 Å². The number of carbonyl (C=O) groups excluding carboxylic acids is 2. The highest BCUT2D eigenvalue weighted by atomic mass is 16.2. The van der Waals surface area contributed by atoms with Crippen molar-refractivity contribution in [3.05, 3.63) is 23.8 Å². The molecule has 0 unspecified atom stereocenters. The average molecular weight is 467 g/mol. The van der Waals surface area contributed by atoms with Crippen LogP contribution in [0.3, 0.4) is 0 Å². The second kappa shape index (κ2) is 9.88. The van der Waals surface area contributed by atoms with Gasteiger partial charge in [-0.15, -0.1) is 0 Å². The molecular formula is C28H42N4O2. The SMILES string of the molecule is CCN1CCN(c2ccc(NC(=O)CCCNC(=O)C34CC5CC(CC(C5)C3)C4)c(C)c2)CC1. The fourth-order valence-corrected chi connectivity index (χ4v) is 7.55. The monoisotopic (exact) mass is 466 g/mol. The summed E-state index contributed by atoms with van der Waals surface area (Å²) in [5, 5.41) is 6.27. The lowest BCUT2D eigenvalue weighted by molar-refractivity contribution is -0.146. The van der Waals surface area contributed by atoms with Gasteiger partial charge in [0.1, 0.15) is 0 Å². The molecular weight excluding hydrogens is 424 g/mol. The number of anilines is 2. The Labute approximate surface area is 204 Å². The Morgan fingerprint density at radius 1 is 1.00 bits per heavy atom. The molecule has 1 aliphatic heterocycles. The van der Waals surface area contributed by atoms with Gasteiger partial charge < -0.3 is 20.4 Å². The summed E-state index contributed by atoms with van der Waals surface area (Å²) in [4.78, 5) is 30.5. The zero-order valence-corrected chi connectivity index (χ0v) is 21.1. The highest BCUT2D eigenvalue weighted by Gasteiger charge is 2.54. The van der Waals surface area contributed by atoms with E-state index < -0.39 is 0 Å². The summed E-state index contributed by atoms with van der Waals surface area (Å²) in [6.07, 6.45) is 8.44. The first-order chi connectivity index (χ1) is 16.4. The summed E-state index contributed by atoms with van der Waals surface area (Å²) in [6.45, 7) is 10.3. The van der Waals surface area contributed by atoms with Gasteiger partial charge in [-0.05, 0) is 99.9 Å². The molecule has 34 heavy (non-hydrogen) atoms. The number of hydrogen-bond donors (Lipinski definition) is 2. The van der Waals surface area contributed by atoms with Crippen LogP contribution in [0.25, 0.3) is 0 Å².